The molecule has 4 rings (SSSR count). The number of para-hydroxylation sites is 1. The van der Waals surface area contributed by atoms with Gasteiger partial charge < -0.3 is 14.5 Å². The lowest BCUT2D eigenvalue weighted by molar-refractivity contribution is -0.136. The van der Waals surface area contributed by atoms with Crippen molar-refractivity contribution >= 4 is 23.2 Å². The highest BCUT2D eigenvalue weighted by atomic mass is 32.1. The molecule has 7 nitrogen and oxygen atoms in total. The maximum Gasteiger partial charge on any atom is 0.257 e. The molecule has 2 saturated heterocycles. The maximum absolute atomic E-state index is 13.1. The number of benzene rings is 1. The number of carbonyl (C=O) groups is 2. The molecule has 2 fully saturated rings. The number of hydrogen-bond acceptors (Lipinski definition) is 6. The van der Waals surface area contributed by atoms with Crippen LogP contribution in [-0.4, -0.2) is 76.8 Å². The minimum absolute atomic E-state index is 0.0236. The first-order chi connectivity index (χ1) is 15.1. The van der Waals surface area contributed by atoms with E-state index in [0.717, 1.165) is 25.1 Å². The molecule has 2 aliphatic rings. The molecule has 0 bridgehead atoms. The fourth-order valence-electron chi connectivity index (χ4n) is 4.26. The van der Waals surface area contributed by atoms with Crippen LogP contribution in [0, 0.1) is 0 Å². The number of piperidine rings is 1. The molecule has 0 saturated carbocycles. The van der Waals surface area contributed by atoms with Gasteiger partial charge in [0.25, 0.3) is 5.91 Å². The van der Waals surface area contributed by atoms with E-state index in [1.807, 2.05) is 39.4 Å². The first-order valence-corrected chi connectivity index (χ1v) is 12.0. The molecule has 31 heavy (non-hydrogen) atoms. The monoisotopic (exact) mass is 442 g/mol. The smallest absolute Gasteiger partial charge is 0.257 e. The third-order valence-electron chi connectivity index (χ3n) is 6.12. The predicted molar refractivity (Wildman–Crippen MR) is 120 cm³/mol. The van der Waals surface area contributed by atoms with Crippen LogP contribution in [0.15, 0.2) is 35.2 Å². The van der Waals surface area contributed by atoms with E-state index in [9.17, 15) is 9.59 Å². The number of ether oxygens (including phenoxy) is 1. The molecular weight excluding hydrogens is 412 g/mol. The van der Waals surface area contributed by atoms with Gasteiger partial charge in [-0.3, -0.25) is 14.5 Å². The molecular formula is C23H30N4O3S. The van der Waals surface area contributed by atoms with Gasteiger partial charge in [0.1, 0.15) is 12.4 Å². The second-order valence-corrected chi connectivity index (χ2v) is 8.98. The third-order valence-corrected chi connectivity index (χ3v) is 6.75. The van der Waals surface area contributed by atoms with Crippen LogP contribution in [0.25, 0.3) is 0 Å². The number of rotatable bonds is 6. The van der Waals surface area contributed by atoms with Gasteiger partial charge in [0.2, 0.25) is 5.91 Å². The number of aromatic nitrogens is 1. The van der Waals surface area contributed by atoms with Crippen molar-refractivity contribution in [2.75, 3.05) is 39.3 Å². The number of likely N-dealkylation sites (tertiary alicyclic amines) is 1. The van der Waals surface area contributed by atoms with E-state index in [1.165, 1.54) is 17.8 Å². The standard InChI is InChI=1S/C23H30N4O3S/c1-18-6-4-5-9-27(18)22(28)14-25-10-12-26(13-11-25)23(29)20-7-2-3-8-21(20)30-15-19-16-31-17-24-19/h2-3,7-8,16-18H,4-6,9-15H2,1H3. The molecule has 0 N–H and O–H groups in total. The van der Waals surface area contributed by atoms with Crippen molar-refractivity contribution < 1.29 is 14.3 Å². The number of nitrogens with zero attached hydrogens (tertiary/aromatic N) is 4. The topological polar surface area (TPSA) is 66.0 Å². The molecule has 1 unspecified atom stereocenters. The Kier molecular flexibility index (Phi) is 7.19. The van der Waals surface area contributed by atoms with Crippen LogP contribution in [-0.2, 0) is 11.4 Å². The molecule has 1 aromatic heterocycles. The van der Waals surface area contributed by atoms with Gasteiger partial charge in [0.05, 0.1) is 23.3 Å². The summed E-state index contributed by atoms with van der Waals surface area (Å²) in [5.74, 6) is 0.773. The van der Waals surface area contributed by atoms with Crippen molar-refractivity contribution in [2.45, 2.75) is 38.8 Å². The summed E-state index contributed by atoms with van der Waals surface area (Å²) in [6.45, 7) is 6.45. The lowest BCUT2D eigenvalue weighted by Gasteiger charge is -2.38. The van der Waals surface area contributed by atoms with Crippen LogP contribution in [0.3, 0.4) is 0 Å². The number of piperazine rings is 1. The van der Waals surface area contributed by atoms with E-state index >= 15 is 0 Å². The summed E-state index contributed by atoms with van der Waals surface area (Å²) in [6, 6.07) is 7.71. The van der Waals surface area contributed by atoms with E-state index in [-0.39, 0.29) is 11.8 Å². The van der Waals surface area contributed by atoms with Crippen molar-refractivity contribution in [3.63, 3.8) is 0 Å². The van der Waals surface area contributed by atoms with Crippen molar-refractivity contribution in [2.24, 2.45) is 0 Å². The highest BCUT2D eigenvalue weighted by molar-refractivity contribution is 7.07. The van der Waals surface area contributed by atoms with Gasteiger partial charge in [-0.05, 0) is 38.3 Å². The summed E-state index contributed by atoms with van der Waals surface area (Å²) in [7, 11) is 0. The van der Waals surface area contributed by atoms with Crippen molar-refractivity contribution in [1.82, 2.24) is 19.7 Å². The molecule has 1 aromatic carbocycles. The zero-order valence-electron chi connectivity index (χ0n) is 18.0. The molecule has 0 radical (unpaired) electrons. The van der Waals surface area contributed by atoms with Crippen LogP contribution in [0.1, 0.15) is 42.2 Å². The maximum atomic E-state index is 13.1. The van der Waals surface area contributed by atoms with Gasteiger partial charge in [0, 0.05) is 44.1 Å². The minimum Gasteiger partial charge on any atom is -0.486 e. The number of amides is 2. The zero-order chi connectivity index (χ0) is 21.6. The fraction of sp³-hybridized carbons (Fsp3) is 0.522. The van der Waals surface area contributed by atoms with Gasteiger partial charge in [-0.25, -0.2) is 4.98 Å². The van der Waals surface area contributed by atoms with Crippen molar-refractivity contribution in [1.29, 1.82) is 0 Å². The quantitative estimate of drug-likeness (QED) is 0.688. The average molecular weight is 443 g/mol. The van der Waals surface area contributed by atoms with Gasteiger partial charge in [-0.1, -0.05) is 12.1 Å². The van der Waals surface area contributed by atoms with Gasteiger partial charge in [-0.15, -0.1) is 11.3 Å². The molecule has 0 aliphatic carbocycles. The highest BCUT2D eigenvalue weighted by Crippen LogP contribution is 2.22. The zero-order valence-corrected chi connectivity index (χ0v) is 18.9. The normalized spacial score (nSPS) is 20.0. The summed E-state index contributed by atoms with van der Waals surface area (Å²) in [5.41, 5.74) is 3.20. The first kappa shape index (κ1) is 21.8. The Labute approximate surface area is 187 Å². The third kappa shape index (κ3) is 5.43. The molecule has 2 amide bonds. The van der Waals surface area contributed by atoms with Crippen LogP contribution in [0.2, 0.25) is 0 Å². The Balaban J connectivity index is 1.31. The Bertz CT molecular complexity index is 881. The van der Waals surface area contributed by atoms with E-state index in [1.54, 1.807) is 5.51 Å². The number of carbonyl (C=O) groups excluding carboxylic acids is 2. The second kappa shape index (κ2) is 10.2. The summed E-state index contributed by atoms with van der Waals surface area (Å²) < 4.78 is 5.88. The van der Waals surface area contributed by atoms with Crippen molar-refractivity contribution in [3.8, 4) is 5.75 Å². The predicted octanol–water partition coefficient (Wildman–Crippen LogP) is 2.88. The first-order valence-electron chi connectivity index (χ1n) is 11.0. The molecule has 2 aliphatic heterocycles. The molecule has 1 atom stereocenters. The molecule has 2 aromatic rings. The van der Waals surface area contributed by atoms with Crippen LogP contribution < -0.4 is 4.74 Å². The van der Waals surface area contributed by atoms with Crippen LogP contribution >= 0.6 is 11.3 Å². The summed E-state index contributed by atoms with van der Waals surface area (Å²) >= 11 is 1.52. The highest BCUT2D eigenvalue weighted by Gasteiger charge is 2.28. The summed E-state index contributed by atoms with van der Waals surface area (Å²) in [5, 5.41) is 1.94. The van der Waals surface area contributed by atoms with Gasteiger partial charge in [0.15, 0.2) is 0 Å². The Morgan fingerprint density at radius 1 is 1.13 bits per heavy atom. The largest absolute Gasteiger partial charge is 0.486 e. The lowest BCUT2D eigenvalue weighted by atomic mass is 10.0. The summed E-state index contributed by atoms with van der Waals surface area (Å²) in [4.78, 5) is 36.1. The molecule has 3 heterocycles. The molecule has 8 heteroatoms. The van der Waals surface area contributed by atoms with Crippen LogP contribution in [0.5, 0.6) is 5.75 Å². The Morgan fingerprint density at radius 2 is 1.94 bits per heavy atom. The van der Waals surface area contributed by atoms with E-state index in [0.29, 0.717) is 56.7 Å². The molecule has 0 spiro atoms. The minimum atomic E-state index is -0.0236. The van der Waals surface area contributed by atoms with Gasteiger partial charge >= 0.3 is 0 Å². The van der Waals surface area contributed by atoms with Crippen LogP contribution in [0.4, 0.5) is 0 Å². The lowest BCUT2D eigenvalue weighted by Crippen LogP contribution is -2.53. The number of thiazole rings is 1. The Morgan fingerprint density at radius 3 is 2.68 bits per heavy atom. The van der Waals surface area contributed by atoms with E-state index in [2.05, 4.69) is 16.8 Å². The van der Waals surface area contributed by atoms with Crippen molar-refractivity contribution in [3.05, 3.63) is 46.4 Å². The fourth-order valence-corrected chi connectivity index (χ4v) is 4.80. The van der Waals surface area contributed by atoms with Gasteiger partial charge in [-0.2, -0.15) is 0 Å². The average Bonchev–Trinajstić information content (AvgIpc) is 3.32. The summed E-state index contributed by atoms with van der Waals surface area (Å²) in [6.07, 6.45) is 3.40. The molecule has 166 valence electrons. The second-order valence-electron chi connectivity index (χ2n) is 8.26. The van der Waals surface area contributed by atoms with E-state index < -0.39 is 0 Å². The van der Waals surface area contributed by atoms with E-state index in [4.69, 9.17) is 4.74 Å². The Hall–Kier alpha value is -2.45. The number of hydrogen-bond donors (Lipinski definition) is 0. The SMILES string of the molecule is CC1CCCCN1C(=O)CN1CCN(C(=O)c2ccccc2OCc2cscn2)CC1.